The zero-order valence-corrected chi connectivity index (χ0v) is 19.9. The SMILES string of the molecule is CCNC(=NCC(O)CN1CCc2ccccc2C1)NCCOc1ccccc1.I. The summed E-state index contributed by atoms with van der Waals surface area (Å²) < 4.78 is 5.69. The van der Waals surface area contributed by atoms with Crippen LogP contribution in [-0.2, 0) is 13.0 Å². The highest BCUT2D eigenvalue weighted by Gasteiger charge is 2.18. The van der Waals surface area contributed by atoms with Gasteiger partial charge in [-0.1, -0.05) is 42.5 Å². The lowest BCUT2D eigenvalue weighted by Crippen LogP contribution is -2.41. The number of aliphatic hydroxyl groups excluding tert-OH is 1. The lowest BCUT2D eigenvalue weighted by Gasteiger charge is -2.30. The van der Waals surface area contributed by atoms with Crippen molar-refractivity contribution in [3.05, 3.63) is 65.7 Å². The smallest absolute Gasteiger partial charge is 0.191 e. The van der Waals surface area contributed by atoms with Crippen molar-refractivity contribution in [3.63, 3.8) is 0 Å². The zero-order chi connectivity index (χ0) is 20.3. The Balaban J connectivity index is 0.00000320. The van der Waals surface area contributed by atoms with Gasteiger partial charge in [0.2, 0.25) is 0 Å². The van der Waals surface area contributed by atoms with Crippen molar-refractivity contribution in [3.8, 4) is 5.75 Å². The summed E-state index contributed by atoms with van der Waals surface area (Å²) in [5.74, 6) is 1.56. The summed E-state index contributed by atoms with van der Waals surface area (Å²) in [6.45, 7) is 6.86. The van der Waals surface area contributed by atoms with Gasteiger partial charge in [-0.05, 0) is 36.6 Å². The van der Waals surface area contributed by atoms with Gasteiger partial charge >= 0.3 is 0 Å². The summed E-state index contributed by atoms with van der Waals surface area (Å²) in [6, 6.07) is 18.3. The minimum Gasteiger partial charge on any atom is -0.492 e. The first kappa shape index (κ1) is 24.4. The number of halogens is 1. The molecule has 1 heterocycles. The molecule has 1 atom stereocenters. The number of nitrogens with one attached hydrogen (secondary N) is 2. The Labute approximate surface area is 196 Å². The van der Waals surface area contributed by atoms with Crippen LogP contribution in [0.1, 0.15) is 18.1 Å². The number of guanidine groups is 1. The topological polar surface area (TPSA) is 69.1 Å². The largest absolute Gasteiger partial charge is 0.492 e. The number of hydrogen-bond acceptors (Lipinski definition) is 4. The average Bonchev–Trinajstić information content (AvgIpc) is 2.75. The van der Waals surface area contributed by atoms with Crippen molar-refractivity contribution < 1.29 is 9.84 Å². The van der Waals surface area contributed by atoms with Gasteiger partial charge in [-0.15, -0.1) is 24.0 Å². The van der Waals surface area contributed by atoms with Crippen LogP contribution in [0, 0.1) is 0 Å². The second-order valence-electron chi connectivity index (χ2n) is 7.22. The normalized spacial score (nSPS) is 14.9. The molecule has 0 saturated carbocycles. The third-order valence-electron chi connectivity index (χ3n) is 4.89. The molecule has 7 heteroatoms. The van der Waals surface area contributed by atoms with Gasteiger partial charge in [-0.3, -0.25) is 9.89 Å². The molecule has 3 N–H and O–H groups in total. The van der Waals surface area contributed by atoms with Crippen molar-refractivity contribution >= 4 is 29.9 Å². The molecule has 2 aromatic carbocycles. The number of benzene rings is 2. The molecular formula is C23H33IN4O2. The molecule has 0 amide bonds. The van der Waals surface area contributed by atoms with Crippen molar-refractivity contribution in [2.24, 2.45) is 4.99 Å². The van der Waals surface area contributed by atoms with E-state index in [0.717, 1.165) is 31.8 Å². The number of ether oxygens (including phenoxy) is 1. The fourth-order valence-electron chi connectivity index (χ4n) is 3.46. The van der Waals surface area contributed by atoms with E-state index in [9.17, 15) is 5.11 Å². The van der Waals surface area contributed by atoms with Gasteiger partial charge in [0.05, 0.1) is 19.2 Å². The van der Waals surface area contributed by atoms with E-state index in [-0.39, 0.29) is 24.0 Å². The number of β-amino-alcohol motifs (C(OH)–C–C–N with tert-alkyl or cyclic N) is 1. The average molecular weight is 524 g/mol. The van der Waals surface area contributed by atoms with E-state index in [1.54, 1.807) is 0 Å². The van der Waals surface area contributed by atoms with Crippen LogP contribution in [0.15, 0.2) is 59.6 Å². The van der Waals surface area contributed by atoms with Crippen LogP contribution >= 0.6 is 24.0 Å². The summed E-state index contributed by atoms with van der Waals surface area (Å²) in [6.07, 6.45) is 0.550. The number of para-hydroxylation sites is 1. The minimum absolute atomic E-state index is 0. The van der Waals surface area contributed by atoms with Gasteiger partial charge in [0, 0.05) is 26.2 Å². The molecule has 0 radical (unpaired) electrons. The number of nitrogens with zero attached hydrogens (tertiary/aromatic N) is 2. The molecule has 0 saturated heterocycles. The molecule has 0 aromatic heterocycles. The van der Waals surface area contributed by atoms with E-state index in [1.165, 1.54) is 11.1 Å². The van der Waals surface area contributed by atoms with Crippen molar-refractivity contribution in [1.29, 1.82) is 0 Å². The van der Waals surface area contributed by atoms with Crippen LogP contribution in [0.5, 0.6) is 5.75 Å². The van der Waals surface area contributed by atoms with Gasteiger partial charge in [0.15, 0.2) is 5.96 Å². The maximum Gasteiger partial charge on any atom is 0.191 e. The highest BCUT2D eigenvalue weighted by Crippen LogP contribution is 2.18. The Morgan fingerprint density at radius 2 is 1.83 bits per heavy atom. The first-order valence-electron chi connectivity index (χ1n) is 10.4. The second-order valence-corrected chi connectivity index (χ2v) is 7.22. The van der Waals surface area contributed by atoms with Crippen molar-refractivity contribution in [1.82, 2.24) is 15.5 Å². The van der Waals surface area contributed by atoms with Crippen LogP contribution < -0.4 is 15.4 Å². The van der Waals surface area contributed by atoms with Gasteiger partial charge in [-0.2, -0.15) is 0 Å². The lowest BCUT2D eigenvalue weighted by molar-refractivity contribution is 0.111. The van der Waals surface area contributed by atoms with Gasteiger partial charge < -0.3 is 20.5 Å². The van der Waals surface area contributed by atoms with Gasteiger partial charge in [0.25, 0.3) is 0 Å². The maximum atomic E-state index is 10.5. The quantitative estimate of drug-likeness (QED) is 0.204. The molecule has 6 nitrogen and oxygen atoms in total. The molecule has 1 unspecified atom stereocenters. The Morgan fingerprint density at radius 3 is 2.60 bits per heavy atom. The third kappa shape index (κ3) is 8.12. The van der Waals surface area contributed by atoms with E-state index < -0.39 is 6.10 Å². The number of hydrogen-bond donors (Lipinski definition) is 3. The number of aliphatic imine (C=N–C) groups is 1. The fourth-order valence-corrected chi connectivity index (χ4v) is 3.46. The number of fused-ring (bicyclic) bond motifs is 1. The molecule has 1 aliphatic rings. The van der Waals surface area contributed by atoms with E-state index in [4.69, 9.17) is 4.74 Å². The summed E-state index contributed by atoms with van der Waals surface area (Å²) in [5, 5.41) is 16.9. The zero-order valence-electron chi connectivity index (χ0n) is 17.6. The summed E-state index contributed by atoms with van der Waals surface area (Å²) in [5.41, 5.74) is 2.79. The molecule has 0 spiro atoms. The Morgan fingerprint density at radius 1 is 1.10 bits per heavy atom. The second kappa shape index (κ2) is 13.5. The van der Waals surface area contributed by atoms with Gasteiger partial charge in [-0.25, -0.2) is 0 Å². The first-order chi connectivity index (χ1) is 14.2. The first-order valence-corrected chi connectivity index (χ1v) is 10.4. The monoisotopic (exact) mass is 524 g/mol. The molecule has 30 heavy (non-hydrogen) atoms. The fraction of sp³-hybridized carbons (Fsp3) is 0.435. The summed E-state index contributed by atoms with van der Waals surface area (Å²) >= 11 is 0. The minimum atomic E-state index is -0.490. The maximum absolute atomic E-state index is 10.5. The Bertz CT molecular complexity index is 773. The molecule has 0 aliphatic carbocycles. The summed E-state index contributed by atoms with van der Waals surface area (Å²) in [7, 11) is 0. The van der Waals surface area contributed by atoms with E-state index >= 15 is 0 Å². The van der Waals surface area contributed by atoms with E-state index in [0.29, 0.717) is 32.2 Å². The standard InChI is InChI=1S/C23H32N4O2.HI/c1-2-24-23(25-13-15-29-22-10-4-3-5-11-22)26-16-21(28)18-27-14-12-19-8-6-7-9-20(19)17-27;/h3-11,21,28H,2,12-18H2,1H3,(H2,24,25,26);1H. The van der Waals surface area contributed by atoms with Crippen LogP contribution in [0.2, 0.25) is 0 Å². The van der Waals surface area contributed by atoms with Crippen molar-refractivity contribution in [2.45, 2.75) is 26.0 Å². The highest BCUT2D eigenvalue weighted by molar-refractivity contribution is 14.0. The Hall–Kier alpha value is -1.84. The van der Waals surface area contributed by atoms with E-state index in [1.807, 2.05) is 37.3 Å². The van der Waals surface area contributed by atoms with Gasteiger partial charge in [0.1, 0.15) is 12.4 Å². The lowest BCUT2D eigenvalue weighted by atomic mass is 10.00. The third-order valence-corrected chi connectivity index (χ3v) is 4.89. The predicted molar refractivity (Wildman–Crippen MR) is 133 cm³/mol. The molecular weight excluding hydrogens is 491 g/mol. The highest BCUT2D eigenvalue weighted by atomic mass is 127. The molecule has 3 rings (SSSR count). The number of rotatable bonds is 9. The summed E-state index contributed by atoms with van der Waals surface area (Å²) in [4.78, 5) is 6.83. The molecule has 2 aromatic rings. The molecule has 164 valence electrons. The van der Waals surface area contributed by atoms with Crippen LogP contribution in [0.3, 0.4) is 0 Å². The molecule has 0 fully saturated rings. The van der Waals surface area contributed by atoms with E-state index in [2.05, 4.69) is 44.8 Å². The number of aliphatic hydroxyl groups is 1. The van der Waals surface area contributed by atoms with Crippen LogP contribution in [0.25, 0.3) is 0 Å². The molecule has 0 bridgehead atoms. The molecule has 1 aliphatic heterocycles. The van der Waals surface area contributed by atoms with Crippen LogP contribution in [0.4, 0.5) is 0 Å². The van der Waals surface area contributed by atoms with Crippen molar-refractivity contribution in [2.75, 3.05) is 39.3 Å². The predicted octanol–water partition coefficient (Wildman–Crippen LogP) is 2.66. The van der Waals surface area contributed by atoms with Crippen LogP contribution in [-0.4, -0.2) is 61.4 Å². The Kier molecular flexibility index (Phi) is 11.0.